The summed E-state index contributed by atoms with van der Waals surface area (Å²) in [4.78, 5) is 11.9. The Bertz CT molecular complexity index is 455. The Morgan fingerprint density at radius 2 is 2.28 bits per heavy atom. The van der Waals surface area contributed by atoms with E-state index in [0.29, 0.717) is 6.54 Å². The van der Waals surface area contributed by atoms with Gasteiger partial charge in [0.15, 0.2) is 0 Å². The molecule has 4 heteroatoms. The zero-order valence-electron chi connectivity index (χ0n) is 10.4. The highest BCUT2D eigenvalue weighted by Gasteiger charge is 2.22. The number of rotatable bonds is 3. The fourth-order valence-corrected chi connectivity index (χ4v) is 3.73. The molecular weight excluding hydrogens is 244 g/mol. The predicted molar refractivity (Wildman–Crippen MR) is 74.3 cm³/mol. The van der Waals surface area contributed by atoms with Crippen molar-refractivity contribution in [1.29, 1.82) is 0 Å². The summed E-state index contributed by atoms with van der Waals surface area (Å²) in [6, 6.07) is 6.49. The third kappa shape index (κ3) is 2.54. The van der Waals surface area contributed by atoms with E-state index in [2.05, 4.69) is 28.8 Å². The summed E-state index contributed by atoms with van der Waals surface area (Å²) >= 11 is 1.78. The second kappa shape index (κ2) is 5.33. The molecule has 18 heavy (non-hydrogen) atoms. The van der Waals surface area contributed by atoms with E-state index in [1.54, 1.807) is 11.8 Å². The molecule has 1 aromatic carbocycles. The number of hydrogen-bond donors (Lipinski definition) is 2. The molecular formula is C14H18N2OS. The minimum absolute atomic E-state index is 0.182. The van der Waals surface area contributed by atoms with Crippen molar-refractivity contribution in [3.8, 4) is 0 Å². The van der Waals surface area contributed by atoms with E-state index in [4.69, 9.17) is 0 Å². The van der Waals surface area contributed by atoms with Crippen LogP contribution in [0.25, 0.3) is 0 Å². The van der Waals surface area contributed by atoms with Crippen LogP contribution in [-0.2, 0) is 24.4 Å². The molecule has 96 valence electrons. The molecule has 0 radical (unpaired) electrons. The molecule has 1 atom stereocenters. The first-order chi connectivity index (χ1) is 8.83. The maximum absolute atomic E-state index is 11.9. The highest BCUT2D eigenvalue weighted by Crippen LogP contribution is 2.26. The standard InChI is InChI=1S/C14H18N2OS/c17-14(13-2-1-5-18-13)16-7-10-3-4-11-8-15-9-12(11)6-10/h3-4,6,13,15H,1-2,5,7-9H2,(H,16,17). The van der Waals surface area contributed by atoms with Gasteiger partial charge >= 0.3 is 0 Å². The Kier molecular flexibility index (Phi) is 3.57. The topological polar surface area (TPSA) is 41.1 Å². The lowest BCUT2D eigenvalue weighted by Crippen LogP contribution is -2.30. The van der Waals surface area contributed by atoms with Crippen LogP contribution in [0, 0.1) is 0 Å². The highest BCUT2D eigenvalue weighted by molar-refractivity contribution is 8.00. The van der Waals surface area contributed by atoms with Crippen molar-refractivity contribution in [2.24, 2.45) is 0 Å². The van der Waals surface area contributed by atoms with Gasteiger partial charge in [-0.05, 0) is 35.3 Å². The summed E-state index contributed by atoms with van der Waals surface area (Å²) in [7, 11) is 0. The molecule has 0 aromatic heterocycles. The number of hydrogen-bond acceptors (Lipinski definition) is 3. The van der Waals surface area contributed by atoms with Crippen LogP contribution in [-0.4, -0.2) is 16.9 Å². The van der Waals surface area contributed by atoms with Crippen molar-refractivity contribution in [3.63, 3.8) is 0 Å². The summed E-state index contributed by atoms with van der Waals surface area (Å²) in [6.07, 6.45) is 2.21. The van der Waals surface area contributed by atoms with Gasteiger partial charge in [0.2, 0.25) is 5.91 Å². The van der Waals surface area contributed by atoms with E-state index in [-0.39, 0.29) is 11.2 Å². The lowest BCUT2D eigenvalue weighted by molar-refractivity contribution is -0.120. The normalized spacial score (nSPS) is 21.9. The Hall–Kier alpha value is -1.00. The monoisotopic (exact) mass is 262 g/mol. The Balaban J connectivity index is 1.58. The summed E-state index contributed by atoms with van der Waals surface area (Å²) in [5.41, 5.74) is 3.96. The number of carbonyl (C=O) groups excluding carboxylic acids is 1. The van der Waals surface area contributed by atoms with E-state index in [9.17, 15) is 4.79 Å². The molecule has 0 spiro atoms. The molecule has 1 unspecified atom stereocenters. The quantitative estimate of drug-likeness (QED) is 0.873. The summed E-state index contributed by atoms with van der Waals surface area (Å²) in [5, 5.41) is 6.57. The van der Waals surface area contributed by atoms with Crippen molar-refractivity contribution in [1.82, 2.24) is 10.6 Å². The van der Waals surface area contributed by atoms with Gasteiger partial charge in [-0.2, -0.15) is 0 Å². The second-order valence-electron chi connectivity index (χ2n) is 4.93. The fourth-order valence-electron chi connectivity index (χ4n) is 2.55. The fraction of sp³-hybridized carbons (Fsp3) is 0.500. The molecule has 2 N–H and O–H groups in total. The van der Waals surface area contributed by atoms with Crippen molar-refractivity contribution in [2.75, 3.05) is 5.75 Å². The molecule has 1 amide bonds. The van der Waals surface area contributed by atoms with Gasteiger partial charge < -0.3 is 10.6 Å². The smallest absolute Gasteiger partial charge is 0.233 e. The van der Waals surface area contributed by atoms with Gasteiger partial charge in [-0.25, -0.2) is 0 Å². The van der Waals surface area contributed by atoms with Crippen LogP contribution in [0.4, 0.5) is 0 Å². The van der Waals surface area contributed by atoms with E-state index >= 15 is 0 Å². The molecule has 1 saturated heterocycles. The van der Waals surface area contributed by atoms with Crippen LogP contribution in [0.2, 0.25) is 0 Å². The SMILES string of the molecule is O=C(NCc1ccc2c(c1)CNC2)C1CCCS1. The van der Waals surface area contributed by atoms with Gasteiger partial charge in [-0.15, -0.1) is 11.8 Å². The van der Waals surface area contributed by atoms with Gasteiger partial charge in [0, 0.05) is 19.6 Å². The molecule has 1 fully saturated rings. The number of nitrogens with one attached hydrogen (secondary N) is 2. The number of thioether (sulfide) groups is 1. The van der Waals surface area contributed by atoms with E-state index in [1.807, 2.05) is 0 Å². The number of fused-ring (bicyclic) bond motifs is 1. The van der Waals surface area contributed by atoms with Crippen molar-refractivity contribution >= 4 is 17.7 Å². The summed E-state index contributed by atoms with van der Waals surface area (Å²) in [6.45, 7) is 2.58. The van der Waals surface area contributed by atoms with Crippen LogP contribution in [0.5, 0.6) is 0 Å². The molecule has 1 aromatic rings. The molecule has 3 rings (SSSR count). The maximum Gasteiger partial charge on any atom is 0.233 e. The number of amides is 1. The maximum atomic E-state index is 11.9. The van der Waals surface area contributed by atoms with Crippen molar-refractivity contribution < 1.29 is 4.79 Å². The second-order valence-corrected chi connectivity index (χ2v) is 6.24. The molecule has 0 aliphatic carbocycles. The zero-order chi connectivity index (χ0) is 12.4. The predicted octanol–water partition coefficient (Wildman–Crippen LogP) is 1.80. The summed E-state index contributed by atoms with van der Waals surface area (Å²) in [5.74, 6) is 1.33. The van der Waals surface area contributed by atoms with E-state index in [0.717, 1.165) is 25.3 Å². The first-order valence-electron chi connectivity index (χ1n) is 6.53. The summed E-state index contributed by atoms with van der Waals surface area (Å²) < 4.78 is 0. The van der Waals surface area contributed by atoms with Crippen LogP contribution in [0.3, 0.4) is 0 Å². The van der Waals surface area contributed by atoms with Crippen molar-refractivity contribution in [3.05, 3.63) is 34.9 Å². The average Bonchev–Trinajstić information content (AvgIpc) is 3.05. The molecule has 0 saturated carbocycles. The highest BCUT2D eigenvalue weighted by atomic mass is 32.2. The average molecular weight is 262 g/mol. The molecule has 3 nitrogen and oxygen atoms in total. The van der Waals surface area contributed by atoms with Crippen LogP contribution < -0.4 is 10.6 Å². The number of carbonyl (C=O) groups is 1. The lowest BCUT2D eigenvalue weighted by atomic mass is 10.1. The minimum atomic E-state index is 0.182. The van der Waals surface area contributed by atoms with Crippen LogP contribution in [0.15, 0.2) is 18.2 Å². The Morgan fingerprint density at radius 1 is 1.39 bits per heavy atom. The van der Waals surface area contributed by atoms with Gasteiger partial charge in [0.25, 0.3) is 0 Å². The molecule has 2 heterocycles. The van der Waals surface area contributed by atoms with E-state index in [1.165, 1.54) is 23.1 Å². The number of benzene rings is 1. The van der Waals surface area contributed by atoms with Crippen LogP contribution in [0.1, 0.15) is 29.5 Å². The third-order valence-corrected chi connectivity index (χ3v) is 4.97. The van der Waals surface area contributed by atoms with Gasteiger partial charge in [0.05, 0.1) is 5.25 Å². The molecule has 0 bridgehead atoms. The van der Waals surface area contributed by atoms with Crippen molar-refractivity contribution in [2.45, 2.75) is 37.7 Å². The van der Waals surface area contributed by atoms with Crippen LogP contribution >= 0.6 is 11.8 Å². The largest absolute Gasteiger partial charge is 0.351 e. The van der Waals surface area contributed by atoms with E-state index < -0.39 is 0 Å². The lowest BCUT2D eigenvalue weighted by Gasteiger charge is -2.10. The Labute approximate surface area is 112 Å². The van der Waals surface area contributed by atoms with Gasteiger partial charge in [-0.3, -0.25) is 4.79 Å². The molecule has 2 aliphatic heterocycles. The Morgan fingerprint density at radius 3 is 3.11 bits per heavy atom. The first kappa shape index (κ1) is 12.1. The van der Waals surface area contributed by atoms with Gasteiger partial charge in [-0.1, -0.05) is 18.2 Å². The minimum Gasteiger partial charge on any atom is -0.351 e. The third-order valence-electron chi connectivity index (χ3n) is 3.59. The zero-order valence-corrected chi connectivity index (χ0v) is 11.2. The van der Waals surface area contributed by atoms with Gasteiger partial charge in [0.1, 0.15) is 0 Å². The molecule has 2 aliphatic rings. The first-order valence-corrected chi connectivity index (χ1v) is 7.58.